The summed E-state index contributed by atoms with van der Waals surface area (Å²) in [6, 6.07) is 11.1. The van der Waals surface area contributed by atoms with Gasteiger partial charge in [0.2, 0.25) is 0 Å². The molecule has 0 aliphatic carbocycles. The van der Waals surface area contributed by atoms with Gasteiger partial charge in [-0.1, -0.05) is 39.7 Å². The number of hydrogen-bond donors (Lipinski definition) is 0. The Morgan fingerprint density at radius 2 is 1.92 bits per heavy atom. The van der Waals surface area contributed by atoms with Crippen molar-refractivity contribution in [1.29, 1.82) is 0 Å². The Morgan fingerprint density at radius 3 is 2.50 bits per heavy atom. The maximum atomic E-state index is 12.7. The van der Waals surface area contributed by atoms with Crippen molar-refractivity contribution in [3.63, 3.8) is 0 Å². The summed E-state index contributed by atoms with van der Waals surface area (Å²) < 4.78 is 11.8. The number of hydrogen-bond acceptors (Lipinski definition) is 3. The first-order chi connectivity index (χ1) is 11.5. The quantitative estimate of drug-likeness (QED) is 0.685. The number of methoxy groups -OCH3 is 1. The van der Waals surface area contributed by atoms with Crippen LogP contribution in [-0.4, -0.2) is 31.6 Å². The largest absolute Gasteiger partial charge is 0.493 e. The predicted octanol–water partition coefficient (Wildman–Crippen LogP) is 4.78. The minimum atomic E-state index is -0.138. The van der Waals surface area contributed by atoms with Gasteiger partial charge in [-0.05, 0) is 36.8 Å². The van der Waals surface area contributed by atoms with Gasteiger partial charge >= 0.3 is 0 Å². The normalized spacial score (nSPS) is 10.4. The summed E-state index contributed by atoms with van der Waals surface area (Å²) in [6.07, 6.45) is 0. The van der Waals surface area contributed by atoms with Crippen LogP contribution in [0.2, 0.25) is 5.02 Å². The molecule has 128 valence electrons. The van der Waals surface area contributed by atoms with Crippen LogP contribution >= 0.6 is 27.5 Å². The average molecular weight is 413 g/mol. The lowest BCUT2D eigenvalue weighted by Gasteiger charge is -2.19. The third-order valence-electron chi connectivity index (χ3n) is 3.44. The summed E-state index contributed by atoms with van der Waals surface area (Å²) in [5.41, 5.74) is 1.50. The van der Waals surface area contributed by atoms with Gasteiger partial charge in [0.05, 0.1) is 18.7 Å². The fraction of sp³-hybridized carbons (Fsp3) is 0.278. The van der Waals surface area contributed by atoms with Gasteiger partial charge in [-0.2, -0.15) is 0 Å². The van der Waals surface area contributed by atoms with E-state index in [0.717, 1.165) is 10.0 Å². The van der Waals surface area contributed by atoms with Gasteiger partial charge in [0, 0.05) is 23.6 Å². The molecule has 0 atom stereocenters. The van der Waals surface area contributed by atoms with Gasteiger partial charge in [0.1, 0.15) is 0 Å². The first-order valence-electron chi connectivity index (χ1n) is 7.46. The molecule has 0 aliphatic heterocycles. The highest BCUT2D eigenvalue weighted by atomic mass is 79.9. The summed E-state index contributed by atoms with van der Waals surface area (Å²) in [4.78, 5) is 14.3. The zero-order valence-corrected chi connectivity index (χ0v) is 16.1. The molecule has 0 spiro atoms. The Hall–Kier alpha value is -1.72. The molecular formula is C18H19BrClNO3. The maximum absolute atomic E-state index is 12.7. The van der Waals surface area contributed by atoms with Crippen molar-refractivity contribution in [1.82, 2.24) is 4.90 Å². The minimum Gasteiger partial charge on any atom is -0.493 e. The fourth-order valence-corrected chi connectivity index (χ4v) is 2.81. The molecule has 6 heteroatoms. The van der Waals surface area contributed by atoms with Crippen LogP contribution in [0.25, 0.3) is 0 Å². The molecule has 0 N–H and O–H groups in total. The van der Waals surface area contributed by atoms with E-state index in [4.69, 9.17) is 21.1 Å². The lowest BCUT2D eigenvalue weighted by atomic mass is 10.1. The van der Waals surface area contributed by atoms with Gasteiger partial charge < -0.3 is 14.4 Å². The van der Waals surface area contributed by atoms with E-state index < -0.39 is 0 Å². The summed E-state index contributed by atoms with van der Waals surface area (Å²) in [5.74, 6) is 0.764. The SMILES string of the molecule is CCOc1c(Cl)cc(C(=O)N(C)Cc2ccc(Br)cc2)cc1OC. The van der Waals surface area contributed by atoms with Crippen LogP contribution in [0.5, 0.6) is 11.5 Å². The Kier molecular flexibility index (Phi) is 6.52. The number of amides is 1. The van der Waals surface area contributed by atoms with Crippen molar-refractivity contribution >= 4 is 33.4 Å². The van der Waals surface area contributed by atoms with Crippen LogP contribution in [0, 0.1) is 0 Å². The van der Waals surface area contributed by atoms with Gasteiger partial charge in [-0.3, -0.25) is 4.79 Å². The van der Waals surface area contributed by atoms with E-state index in [0.29, 0.717) is 35.2 Å². The van der Waals surface area contributed by atoms with Crippen LogP contribution in [0.3, 0.4) is 0 Å². The number of carbonyl (C=O) groups excluding carboxylic acids is 1. The summed E-state index contributed by atoms with van der Waals surface area (Å²) in [5, 5.41) is 0.358. The Bertz CT molecular complexity index is 719. The van der Waals surface area contributed by atoms with Gasteiger partial charge in [-0.15, -0.1) is 0 Å². The molecule has 0 fully saturated rings. The van der Waals surface area contributed by atoms with Crippen molar-refractivity contribution < 1.29 is 14.3 Å². The van der Waals surface area contributed by atoms with E-state index in [-0.39, 0.29) is 5.91 Å². The Balaban J connectivity index is 2.22. The molecule has 0 saturated carbocycles. The first-order valence-corrected chi connectivity index (χ1v) is 8.63. The predicted molar refractivity (Wildman–Crippen MR) is 99.1 cm³/mol. The van der Waals surface area contributed by atoms with E-state index in [9.17, 15) is 4.79 Å². The molecule has 4 nitrogen and oxygen atoms in total. The second kappa shape index (κ2) is 8.40. The molecule has 0 unspecified atom stereocenters. The number of ether oxygens (including phenoxy) is 2. The summed E-state index contributed by atoms with van der Waals surface area (Å²) in [6.45, 7) is 2.83. The minimum absolute atomic E-state index is 0.138. The van der Waals surface area contributed by atoms with Crippen molar-refractivity contribution in [3.8, 4) is 11.5 Å². The number of benzene rings is 2. The van der Waals surface area contributed by atoms with E-state index in [1.54, 1.807) is 24.1 Å². The van der Waals surface area contributed by atoms with Crippen LogP contribution in [0.15, 0.2) is 40.9 Å². The van der Waals surface area contributed by atoms with Crippen LogP contribution in [-0.2, 0) is 6.54 Å². The van der Waals surface area contributed by atoms with Crippen molar-refractivity contribution in [2.45, 2.75) is 13.5 Å². The van der Waals surface area contributed by atoms with E-state index in [1.165, 1.54) is 7.11 Å². The second-order valence-corrected chi connectivity index (χ2v) is 6.53. The smallest absolute Gasteiger partial charge is 0.254 e. The Labute approximate surface area is 155 Å². The Morgan fingerprint density at radius 1 is 1.25 bits per heavy atom. The molecular weight excluding hydrogens is 394 g/mol. The molecule has 1 amide bonds. The second-order valence-electron chi connectivity index (χ2n) is 5.21. The van der Waals surface area contributed by atoms with E-state index in [1.807, 2.05) is 31.2 Å². The zero-order valence-electron chi connectivity index (χ0n) is 13.8. The van der Waals surface area contributed by atoms with Gasteiger partial charge in [0.15, 0.2) is 11.5 Å². The highest BCUT2D eigenvalue weighted by Gasteiger charge is 2.18. The van der Waals surface area contributed by atoms with Gasteiger partial charge in [0.25, 0.3) is 5.91 Å². The maximum Gasteiger partial charge on any atom is 0.254 e. The molecule has 0 bridgehead atoms. The monoisotopic (exact) mass is 411 g/mol. The highest BCUT2D eigenvalue weighted by molar-refractivity contribution is 9.10. The first kappa shape index (κ1) is 18.6. The molecule has 2 aromatic carbocycles. The highest BCUT2D eigenvalue weighted by Crippen LogP contribution is 2.36. The van der Waals surface area contributed by atoms with E-state index >= 15 is 0 Å². The molecule has 2 aromatic rings. The molecule has 0 aromatic heterocycles. The van der Waals surface area contributed by atoms with Crippen molar-refractivity contribution in [2.75, 3.05) is 20.8 Å². The topological polar surface area (TPSA) is 38.8 Å². The number of carbonyl (C=O) groups is 1. The van der Waals surface area contributed by atoms with Crippen LogP contribution in [0.1, 0.15) is 22.8 Å². The van der Waals surface area contributed by atoms with Gasteiger partial charge in [-0.25, -0.2) is 0 Å². The molecule has 0 aliphatic rings. The standard InChI is InChI=1S/C18H19BrClNO3/c1-4-24-17-15(20)9-13(10-16(17)23-3)18(22)21(2)11-12-5-7-14(19)8-6-12/h5-10H,4,11H2,1-3H3. The molecule has 2 rings (SSSR count). The molecule has 0 saturated heterocycles. The third-order valence-corrected chi connectivity index (χ3v) is 4.25. The van der Waals surface area contributed by atoms with Crippen LogP contribution < -0.4 is 9.47 Å². The average Bonchev–Trinajstić information content (AvgIpc) is 2.57. The third kappa shape index (κ3) is 4.42. The number of halogens is 2. The molecule has 0 radical (unpaired) electrons. The fourth-order valence-electron chi connectivity index (χ4n) is 2.28. The summed E-state index contributed by atoms with van der Waals surface area (Å²) >= 11 is 9.64. The zero-order chi connectivity index (χ0) is 17.7. The summed E-state index contributed by atoms with van der Waals surface area (Å²) in [7, 11) is 3.27. The van der Waals surface area contributed by atoms with Crippen molar-refractivity contribution in [3.05, 3.63) is 57.0 Å². The van der Waals surface area contributed by atoms with Crippen molar-refractivity contribution in [2.24, 2.45) is 0 Å². The lowest BCUT2D eigenvalue weighted by Crippen LogP contribution is -2.26. The lowest BCUT2D eigenvalue weighted by molar-refractivity contribution is 0.0784. The van der Waals surface area contributed by atoms with Crippen LogP contribution in [0.4, 0.5) is 0 Å². The molecule has 0 heterocycles. The number of nitrogens with zero attached hydrogens (tertiary/aromatic N) is 1. The number of rotatable bonds is 6. The molecule has 24 heavy (non-hydrogen) atoms. The van der Waals surface area contributed by atoms with E-state index in [2.05, 4.69) is 15.9 Å².